The maximum Gasteiger partial charge on any atom is 0.0298 e. The first-order valence-corrected chi connectivity index (χ1v) is 6.06. The molecular weight excluding hydrogens is 80.2 g/mol. The van der Waals surface area contributed by atoms with Crippen molar-refractivity contribution in [1.82, 2.24) is 0 Å². The Morgan fingerprint density at radius 1 is 2.00 bits per heavy atom. The van der Waals surface area contributed by atoms with Crippen molar-refractivity contribution in [2.75, 3.05) is 0 Å². The molecule has 0 N–H and O–H groups in total. The fourth-order valence-electron chi connectivity index (χ4n) is 0. The average Bonchev–Trinajstić information content (AvgIpc) is 1.37. The predicted octanol–water partition coefficient (Wildman–Crippen LogP) is -1.35. The molecule has 0 aliphatic heterocycles. The Bertz CT molecular complexity index is 18.0. The summed E-state index contributed by atoms with van der Waals surface area (Å²) in [5.74, 6) is 0. The van der Waals surface area contributed by atoms with Crippen molar-refractivity contribution in [3.63, 3.8) is 0 Å². The topological polar surface area (TPSA) is 0 Å². The molecule has 4 heavy (non-hydrogen) atoms. The maximum absolute atomic E-state index is 4.97. The van der Waals surface area contributed by atoms with E-state index in [4.69, 9.17) is 6.58 Å². The fourth-order valence-corrected chi connectivity index (χ4v) is 0. The van der Waals surface area contributed by atoms with Crippen LogP contribution >= 0.6 is 0 Å². The Balaban J connectivity index is 2.30. The summed E-state index contributed by atoms with van der Waals surface area (Å²) < 4.78 is 0. The molecule has 22 valence electrons. The molecule has 0 saturated heterocycles. The third kappa shape index (κ3) is 2.17. The highest BCUT2D eigenvalue weighted by Gasteiger charge is 1.49. The molecule has 0 heterocycles. The molecule has 0 spiro atoms. The quantitative estimate of drug-likeness (QED) is 0.346. The van der Waals surface area contributed by atoms with Crippen LogP contribution in [0.1, 0.15) is 0 Å². The van der Waals surface area contributed by atoms with E-state index in [-0.39, 0.29) is 9.04 Å². The normalized spacial score (nSPS) is 9.25. The van der Waals surface area contributed by atoms with Gasteiger partial charge in [0.2, 0.25) is 0 Å². The third-order valence-electron chi connectivity index (χ3n) is 0.167. The lowest BCUT2D eigenvalue weighted by molar-refractivity contribution is 2.50. The molecule has 0 aliphatic carbocycles. The van der Waals surface area contributed by atoms with E-state index in [0.717, 1.165) is 0 Å². The second kappa shape index (κ2) is 3.17. The molecule has 0 nitrogen and oxygen atoms in total. The van der Waals surface area contributed by atoms with Crippen molar-refractivity contribution in [1.29, 1.82) is 0 Å². The first-order chi connectivity index (χ1) is 1.91. The molecule has 0 aromatic carbocycles. The third-order valence-corrected chi connectivity index (χ3v) is 1.50. The van der Waals surface area contributed by atoms with Crippen LogP contribution in [-0.2, 0) is 0 Å². The van der Waals surface area contributed by atoms with Crippen molar-refractivity contribution in [3.05, 3.63) is 12.3 Å². The standard InChI is InChI=1S/C2H6Si2/c1-2-4-3/h1-2H,3-4H2. The van der Waals surface area contributed by atoms with Crippen molar-refractivity contribution in [2.45, 2.75) is 0 Å². The highest BCUT2D eigenvalue weighted by Crippen LogP contribution is 1.38. The molecule has 0 atom stereocenters. The minimum atomic E-state index is 0.105. The highest BCUT2D eigenvalue weighted by molar-refractivity contribution is 6.92. The summed E-state index contributed by atoms with van der Waals surface area (Å²) >= 11 is 0. The van der Waals surface area contributed by atoms with Gasteiger partial charge in [-0.05, 0) is 9.76 Å². The van der Waals surface area contributed by atoms with E-state index in [1.165, 1.54) is 0 Å². The van der Waals surface area contributed by atoms with Crippen LogP contribution < -0.4 is 0 Å². The van der Waals surface area contributed by atoms with Crippen LogP contribution in [-0.4, -0.2) is 18.8 Å². The summed E-state index contributed by atoms with van der Waals surface area (Å²) in [5.41, 5.74) is 1.78. The summed E-state index contributed by atoms with van der Waals surface area (Å²) in [4.78, 5) is 0. The fraction of sp³-hybridized carbons (Fsp3) is 0. The van der Waals surface area contributed by atoms with Gasteiger partial charge in [0.25, 0.3) is 0 Å². The summed E-state index contributed by atoms with van der Waals surface area (Å²) in [5, 5.41) is 0. The minimum Gasteiger partial charge on any atom is -0.105 e. The molecule has 0 amide bonds. The molecule has 0 bridgehead atoms. The SMILES string of the molecule is [CH]=C[SiH2][SiH2]. The Hall–Kier alpha value is 0.174. The molecule has 0 aliphatic rings. The molecule has 0 unspecified atom stereocenters. The Morgan fingerprint density at radius 2 is 2.25 bits per heavy atom. The molecule has 2 heteroatoms. The van der Waals surface area contributed by atoms with Crippen molar-refractivity contribution in [2.24, 2.45) is 0 Å². The van der Waals surface area contributed by atoms with Crippen LogP contribution in [0.5, 0.6) is 0 Å². The molecule has 2 radical (unpaired) electrons. The van der Waals surface area contributed by atoms with Crippen LogP contribution in [0.3, 0.4) is 0 Å². The van der Waals surface area contributed by atoms with Crippen LogP contribution in [0.4, 0.5) is 0 Å². The van der Waals surface area contributed by atoms with Crippen molar-refractivity contribution < 1.29 is 0 Å². The number of rotatable bonds is 1. The van der Waals surface area contributed by atoms with Gasteiger partial charge in [0.15, 0.2) is 0 Å². The summed E-state index contributed by atoms with van der Waals surface area (Å²) in [6.45, 7) is 4.97. The largest absolute Gasteiger partial charge is 0.105 e. The van der Waals surface area contributed by atoms with Crippen molar-refractivity contribution in [3.8, 4) is 0 Å². The van der Waals surface area contributed by atoms with E-state index in [2.05, 4.69) is 0 Å². The lowest BCUT2D eigenvalue weighted by Crippen LogP contribution is -1.74. The zero-order valence-corrected chi connectivity index (χ0v) is 5.40. The van der Waals surface area contributed by atoms with Gasteiger partial charge in [-0.15, -0.1) is 5.70 Å². The second-order valence-corrected chi connectivity index (χ2v) is 3.31. The minimum absolute atomic E-state index is 0.105. The molecule has 0 aromatic heterocycles. The zero-order valence-electron chi connectivity index (χ0n) is 2.57. The first-order valence-electron chi connectivity index (χ1n) is 1.24. The zero-order chi connectivity index (χ0) is 3.41. The summed E-state index contributed by atoms with van der Waals surface area (Å²) in [7, 11) is 2.09. The maximum atomic E-state index is 4.97. The molecule has 0 rings (SSSR count). The van der Waals surface area contributed by atoms with Gasteiger partial charge < -0.3 is 0 Å². The van der Waals surface area contributed by atoms with Gasteiger partial charge >= 0.3 is 0 Å². The van der Waals surface area contributed by atoms with Gasteiger partial charge in [0.05, 0.1) is 0 Å². The van der Waals surface area contributed by atoms with E-state index in [1.807, 2.05) is 9.76 Å². The average molecular weight is 86.2 g/mol. The Morgan fingerprint density at radius 3 is 2.25 bits per heavy atom. The van der Waals surface area contributed by atoms with Gasteiger partial charge in [0, 0.05) is 9.04 Å². The molecule has 0 aromatic rings. The number of hydrogen-bond donors (Lipinski definition) is 0. The Kier molecular flexibility index (Phi) is 3.31. The van der Waals surface area contributed by atoms with Gasteiger partial charge in [-0.25, -0.2) is 0 Å². The van der Waals surface area contributed by atoms with Gasteiger partial charge in [-0.3, -0.25) is 0 Å². The molecule has 0 saturated carbocycles. The van der Waals surface area contributed by atoms with Crippen LogP contribution in [0.15, 0.2) is 5.70 Å². The second-order valence-electron chi connectivity index (χ2n) is 0.524. The molecule has 0 fully saturated rings. The first kappa shape index (κ1) is 4.17. The lowest BCUT2D eigenvalue weighted by atomic mass is 11.3. The van der Waals surface area contributed by atoms with Gasteiger partial charge in [-0.2, -0.15) is 0 Å². The van der Waals surface area contributed by atoms with Crippen LogP contribution in [0.25, 0.3) is 0 Å². The van der Waals surface area contributed by atoms with E-state index < -0.39 is 0 Å². The molecular formula is C2H6Si2. The van der Waals surface area contributed by atoms with E-state index in [0.29, 0.717) is 0 Å². The van der Waals surface area contributed by atoms with Crippen molar-refractivity contribution >= 4 is 18.8 Å². The summed E-state index contributed by atoms with van der Waals surface area (Å²) in [6, 6.07) is 0. The van der Waals surface area contributed by atoms with E-state index in [9.17, 15) is 0 Å². The van der Waals surface area contributed by atoms with Gasteiger partial charge in [-0.1, -0.05) is 6.58 Å². The summed E-state index contributed by atoms with van der Waals surface area (Å²) in [6.07, 6.45) is 0. The lowest BCUT2D eigenvalue weighted by Gasteiger charge is -1.54. The van der Waals surface area contributed by atoms with Crippen LogP contribution in [0, 0.1) is 6.58 Å². The smallest absolute Gasteiger partial charge is 0.0298 e. The van der Waals surface area contributed by atoms with E-state index in [1.54, 1.807) is 5.70 Å². The predicted molar refractivity (Wildman–Crippen MR) is 26.0 cm³/mol. The van der Waals surface area contributed by atoms with E-state index >= 15 is 0 Å². The monoisotopic (exact) mass is 86.0 g/mol. The number of hydrogen-bond acceptors (Lipinski definition) is 0. The van der Waals surface area contributed by atoms with Crippen LogP contribution in [0.2, 0.25) is 0 Å². The highest BCUT2D eigenvalue weighted by atomic mass is 29.1. The Labute approximate surface area is 31.9 Å². The van der Waals surface area contributed by atoms with Gasteiger partial charge in [0.1, 0.15) is 0 Å².